The van der Waals surface area contributed by atoms with Crippen LogP contribution in [0.3, 0.4) is 0 Å². The van der Waals surface area contributed by atoms with Gasteiger partial charge in [0.2, 0.25) is 0 Å². The summed E-state index contributed by atoms with van der Waals surface area (Å²) in [7, 11) is 1.34. The van der Waals surface area contributed by atoms with Crippen molar-refractivity contribution >= 4 is 5.97 Å². The molecule has 0 fully saturated rings. The predicted octanol–water partition coefficient (Wildman–Crippen LogP) is 2.52. The van der Waals surface area contributed by atoms with Gasteiger partial charge < -0.3 is 10.1 Å². The van der Waals surface area contributed by atoms with Crippen molar-refractivity contribution in [2.75, 3.05) is 7.11 Å². The van der Waals surface area contributed by atoms with Gasteiger partial charge in [-0.1, -0.05) is 6.92 Å². The summed E-state index contributed by atoms with van der Waals surface area (Å²) >= 11 is 0. The van der Waals surface area contributed by atoms with Crippen LogP contribution in [-0.2, 0) is 16.1 Å². The van der Waals surface area contributed by atoms with Crippen molar-refractivity contribution in [3.63, 3.8) is 0 Å². The van der Waals surface area contributed by atoms with Crippen LogP contribution >= 0.6 is 0 Å². The molecule has 1 N–H and O–H groups in total. The van der Waals surface area contributed by atoms with E-state index in [4.69, 9.17) is 5.26 Å². The van der Waals surface area contributed by atoms with Crippen LogP contribution in [0.2, 0.25) is 0 Å². The monoisotopic (exact) mass is 278 g/mol. The van der Waals surface area contributed by atoms with Crippen LogP contribution in [0.1, 0.15) is 37.8 Å². The highest BCUT2D eigenvalue weighted by Gasteiger charge is 2.25. The number of esters is 1. The zero-order valence-corrected chi connectivity index (χ0v) is 12.0. The van der Waals surface area contributed by atoms with E-state index in [9.17, 15) is 9.18 Å². The van der Waals surface area contributed by atoms with Crippen LogP contribution in [0.5, 0.6) is 0 Å². The SMILES string of the molecule is CC[C@@](C)(CC(=O)OC)NCc1cc(C#N)ccc1F. The number of carbonyl (C=O) groups excluding carboxylic acids is 1. The van der Waals surface area contributed by atoms with E-state index in [1.54, 1.807) is 0 Å². The molecule has 0 radical (unpaired) electrons. The number of hydrogen-bond donors (Lipinski definition) is 1. The lowest BCUT2D eigenvalue weighted by Gasteiger charge is -2.28. The lowest BCUT2D eigenvalue weighted by atomic mass is 9.94. The smallest absolute Gasteiger partial charge is 0.307 e. The van der Waals surface area contributed by atoms with Gasteiger partial charge in [-0.25, -0.2) is 4.39 Å². The van der Waals surface area contributed by atoms with Gasteiger partial charge in [0.15, 0.2) is 0 Å². The highest BCUT2D eigenvalue weighted by atomic mass is 19.1. The third-order valence-electron chi connectivity index (χ3n) is 3.42. The minimum absolute atomic E-state index is 0.208. The van der Waals surface area contributed by atoms with Crippen LogP contribution in [0.15, 0.2) is 18.2 Å². The van der Waals surface area contributed by atoms with Crippen molar-refractivity contribution < 1.29 is 13.9 Å². The summed E-state index contributed by atoms with van der Waals surface area (Å²) in [4.78, 5) is 11.4. The molecule has 0 aromatic heterocycles. The number of nitrogens with one attached hydrogen (secondary N) is 1. The molecule has 0 saturated carbocycles. The van der Waals surface area contributed by atoms with Gasteiger partial charge >= 0.3 is 5.97 Å². The van der Waals surface area contributed by atoms with Crippen molar-refractivity contribution in [2.45, 2.75) is 38.8 Å². The molecule has 0 spiro atoms. The standard InChI is InChI=1S/C15H19FN2O2/c1-4-15(2,8-14(19)20-3)18-10-12-7-11(9-17)5-6-13(12)16/h5-7,18H,4,8,10H2,1-3H3/t15-/m0/s1. The Kier molecular flexibility index (Phi) is 5.66. The summed E-state index contributed by atoms with van der Waals surface area (Å²) in [6.45, 7) is 4.08. The molecule has 0 saturated heterocycles. The first-order valence-corrected chi connectivity index (χ1v) is 6.44. The highest BCUT2D eigenvalue weighted by molar-refractivity contribution is 5.70. The minimum atomic E-state index is -0.470. The van der Waals surface area contributed by atoms with E-state index in [0.717, 1.165) is 0 Å². The zero-order valence-electron chi connectivity index (χ0n) is 12.0. The molecule has 108 valence electrons. The van der Waals surface area contributed by atoms with E-state index >= 15 is 0 Å². The molecule has 5 heteroatoms. The van der Waals surface area contributed by atoms with Crippen LogP contribution in [0.4, 0.5) is 4.39 Å². The van der Waals surface area contributed by atoms with Gasteiger partial charge in [-0.2, -0.15) is 5.26 Å². The third kappa shape index (κ3) is 4.32. The number of hydrogen-bond acceptors (Lipinski definition) is 4. The van der Waals surface area contributed by atoms with E-state index in [0.29, 0.717) is 17.5 Å². The minimum Gasteiger partial charge on any atom is -0.469 e. The van der Waals surface area contributed by atoms with E-state index in [-0.39, 0.29) is 24.8 Å². The lowest BCUT2D eigenvalue weighted by molar-refractivity contribution is -0.142. The molecule has 4 nitrogen and oxygen atoms in total. The number of benzene rings is 1. The van der Waals surface area contributed by atoms with Gasteiger partial charge in [0.25, 0.3) is 0 Å². The summed E-state index contributed by atoms with van der Waals surface area (Å²) in [5.74, 6) is -0.680. The zero-order chi connectivity index (χ0) is 15.2. The second kappa shape index (κ2) is 7.01. The lowest BCUT2D eigenvalue weighted by Crippen LogP contribution is -2.43. The predicted molar refractivity (Wildman–Crippen MR) is 73.3 cm³/mol. The quantitative estimate of drug-likeness (QED) is 0.812. The number of halogens is 1. The average Bonchev–Trinajstić information content (AvgIpc) is 2.46. The van der Waals surface area contributed by atoms with Gasteiger partial charge in [0, 0.05) is 17.6 Å². The van der Waals surface area contributed by atoms with E-state index in [1.807, 2.05) is 19.9 Å². The Labute approximate surface area is 118 Å². The fourth-order valence-electron chi connectivity index (χ4n) is 1.79. The van der Waals surface area contributed by atoms with Crippen LogP contribution < -0.4 is 5.32 Å². The number of carbonyl (C=O) groups is 1. The van der Waals surface area contributed by atoms with Gasteiger partial charge in [0.1, 0.15) is 5.82 Å². The number of ether oxygens (including phenoxy) is 1. The van der Waals surface area contributed by atoms with Crippen LogP contribution in [0.25, 0.3) is 0 Å². The first-order valence-electron chi connectivity index (χ1n) is 6.44. The Morgan fingerprint density at radius 3 is 2.80 bits per heavy atom. The molecular weight excluding hydrogens is 259 g/mol. The number of nitrogens with zero attached hydrogens (tertiary/aromatic N) is 1. The number of rotatable bonds is 6. The van der Waals surface area contributed by atoms with Gasteiger partial charge in [-0.3, -0.25) is 4.79 Å². The maximum Gasteiger partial charge on any atom is 0.307 e. The fourth-order valence-corrected chi connectivity index (χ4v) is 1.79. The Hall–Kier alpha value is -1.93. The number of nitriles is 1. The largest absolute Gasteiger partial charge is 0.469 e. The molecule has 1 rings (SSSR count). The Bertz CT molecular complexity index is 525. The first-order chi connectivity index (χ1) is 9.44. The summed E-state index contributed by atoms with van der Waals surface area (Å²) < 4.78 is 18.3. The molecule has 0 heterocycles. The van der Waals surface area contributed by atoms with Crippen molar-refractivity contribution in [3.05, 3.63) is 35.1 Å². The Morgan fingerprint density at radius 2 is 2.25 bits per heavy atom. The summed E-state index contributed by atoms with van der Waals surface area (Å²) in [5.41, 5.74) is 0.352. The molecule has 20 heavy (non-hydrogen) atoms. The maximum absolute atomic E-state index is 13.7. The van der Waals surface area contributed by atoms with Crippen molar-refractivity contribution in [1.82, 2.24) is 5.32 Å². The average molecular weight is 278 g/mol. The van der Waals surface area contributed by atoms with Crippen LogP contribution in [-0.4, -0.2) is 18.6 Å². The molecule has 0 aliphatic carbocycles. The molecule has 1 aromatic rings. The topological polar surface area (TPSA) is 62.1 Å². The first kappa shape index (κ1) is 16.1. The fraction of sp³-hybridized carbons (Fsp3) is 0.467. The van der Waals surface area contributed by atoms with E-state index in [2.05, 4.69) is 10.1 Å². The molecule has 1 aromatic carbocycles. The summed E-state index contributed by atoms with van der Waals surface area (Å²) in [5, 5.41) is 12.0. The molecule has 0 aliphatic heterocycles. The van der Waals surface area contributed by atoms with E-state index in [1.165, 1.54) is 25.3 Å². The summed E-state index contributed by atoms with van der Waals surface area (Å²) in [6.07, 6.45) is 0.904. The molecular formula is C15H19FN2O2. The van der Waals surface area contributed by atoms with Crippen LogP contribution in [0, 0.1) is 17.1 Å². The molecule has 1 atom stereocenters. The highest BCUT2D eigenvalue weighted by Crippen LogP contribution is 2.17. The molecule has 0 unspecified atom stereocenters. The normalized spacial score (nSPS) is 13.3. The maximum atomic E-state index is 13.7. The van der Waals surface area contributed by atoms with Crippen molar-refractivity contribution in [1.29, 1.82) is 5.26 Å². The van der Waals surface area contributed by atoms with Gasteiger partial charge in [-0.05, 0) is 31.5 Å². The van der Waals surface area contributed by atoms with E-state index < -0.39 is 5.54 Å². The van der Waals surface area contributed by atoms with Crippen molar-refractivity contribution in [3.8, 4) is 6.07 Å². The van der Waals surface area contributed by atoms with Crippen molar-refractivity contribution in [2.24, 2.45) is 0 Å². The molecule has 0 aliphatic rings. The number of methoxy groups -OCH3 is 1. The second-order valence-electron chi connectivity index (χ2n) is 4.94. The summed E-state index contributed by atoms with van der Waals surface area (Å²) in [6, 6.07) is 6.20. The molecule has 0 amide bonds. The third-order valence-corrected chi connectivity index (χ3v) is 3.42. The van der Waals surface area contributed by atoms with Gasteiger partial charge in [0.05, 0.1) is 25.2 Å². The van der Waals surface area contributed by atoms with Gasteiger partial charge in [-0.15, -0.1) is 0 Å². The Balaban J connectivity index is 2.78. The Morgan fingerprint density at radius 1 is 1.55 bits per heavy atom. The molecule has 0 bridgehead atoms. The second-order valence-corrected chi connectivity index (χ2v) is 4.94.